The molecule has 2 atom stereocenters. The predicted molar refractivity (Wildman–Crippen MR) is 108 cm³/mol. The van der Waals surface area contributed by atoms with Crippen LogP contribution in [-0.4, -0.2) is 85.3 Å². The van der Waals surface area contributed by atoms with Gasteiger partial charge in [-0.1, -0.05) is 0 Å². The van der Waals surface area contributed by atoms with E-state index in [0.717, 1.165) is 19.0 Å². The zero-order valence-electron chi connectivity index (χ0n) is 17.2. The van der Waals surface area contributed by atoms with Gasteiger partial charge in [-0.05, 0) is 33.6 Å². The summed E-state index contributed by atoms with van der Waals surface area (Å²) in [4.78, 5) is 43.5. The SMILES string of the molecule is CCNC(=NCCC[C@@H](N)C(=O)N1CCN(C(=O)C(C)C(N)=O)CC1)NCC. The third-order valence-corrected chi connectivity index (χ3v) is 4.65. The number of guanidine groups is 1. The summed E-state index contributed by atoms with van der Waals surface area (Å²) in [6.45, 7) is 9.25. The number of rotatable bonds is 9. The molecule has 1 aliphatic heterocycles. The Morgan fingerprint density at radius 2 is 1.50 bits per heavy atom. The summed E-state index contributed by atoms with van der Waals surface area (Å²) >= 11 is 0. The molecule has 1 saturated heterocycles. The van der Waals surface area contributed by atoms with Crippen molar-refractivity contribution in [2.45, 2.75) is 39.7 Å². The van der Waals surface area contributed by atoms with Gasteiger partial charge in [0.15, 0.2) is 5.96 Å². The average Bonchev–Trinajstić information content (AvgIpc) is 2.69. The van der Waals surface area contributed by atoms with Gasteiger partial charge in [0.25, 0.3) is 0 Å². The Labute approximate surface area is 167 Å². The van der Waals surface area contributed by atoms with Crippen molar-refractivity contribution in [3.63, 3.8) is 0 Å². The number of nitrogens with two attached hydrogens (primary N) is 2. The van der Waals surface area contributed by atoms with Gasteiger partial charge in [-0.25, -0.2) is 0 Å². The van der Waals surface area contributed by atoms with Crippen LogP contribution < -0.4 is 22.1 Å². The third-order valence-electron chi connectivity index (χ3n) is 4.65. The smallest absolute Gasteiger partial charge is 0.239 e. The first-order valence-corrected chi connectivity index (χ1v) is 9.96. The molecule has 0 spiro atoms. The molecule has 0 aromatic carbocycles. The minimum atomic E-state index is -0.848. The number of hydrogen-bond donors (Lipinski definition) is 4. The molecule has 0 aromatic heterocycles. The fourth-order valence-corrected chi connectivity index (χ4v) is 2.91. The topological polar surface area (TPSA) is 146 Å². The van der Waals surface area contributed by atoms with E-state index < -0.39 is 17.9 Å². The lowest BCUT2D eigenvalue weighted by molar-refractivity contribution is -0.145. The fourth-order valence-electron chi connectivity index (χ4n) is 2.91. The molecule has 10 heteroatoms. The highest BCUT2D eigenvalue weighted by molar-refractivity contribution is 5.99. The van der Waals surface area contributed by atoms with Crippen LogP contribution in [0.15, 0.2) is 4.99 Å². The van der Waals surface area contributed by atoms with Crippen molar-refractivity contribution in [3.05, 3.63) is 0 Å². The minimum Gasteiger partial charge on any atom is -0.369 e. The molecule has 160 valence electrons. The van der Waals surface area contributed by atoms with Crippen molar-refractivity contribution in [2.24, 2.45) is 22.4 Å². The molecule has 1 unspecified atom stereocenters. The Morgan fingerprint density at radius 3 is 1.96 bits per heavy atom. The Balaban J connectivity index is 2.39. The zero-order chi connectivity index (χ0) is 21.1. The number of carbonyl (C=O) groups excluding carboxylic acids is 3. The molecule has 28 heavy (non-hydrogen) atoms. The number of hydrogen-bond acceptors (Lipinski definition) is 5. The number of amides is 3. The second-order valence-corrected chi connectivity index (χ2v) is 6.81. The summed E-state index contributed by atoms with van der Waals surface area (Å²) in [5.74, 6) is -1.13. The first-order chi connectivity index (χ1) is 13.3. The van der Waals surface area contributed by atoms with E-state index >= 15 is 0 Å². The Bertz CT molecular complexity index is 551. The van der Waals surface area contributed by atoms with E-state index in [-0.39, 0.29) is 11.8 Å². The molecule has 1 rings (SSSR count). The predicted octanol–water partition coefficient (Wildman–Crippen LogP) is -1.54. The quantitative estimate of drug-likeness (QED) is 0.161. The van der Waals surface area contributed by atoms with Gasteiger partial charge in [0.2, 0.25) is 17.7 Å². The van der Waals surface area contributed by atoms with Gasteiger partial charge in [-0.15, -0.1) is 0 Å². The van der Waals surface area contributed by atoms with Crippen molar-refractivity contribution >= 4 is 23.7 Å². The van der Waals surface area contributed by atoms with E-state index in [2.05, 4.69) is 15.6 Å². The maximum absolute atomic E-state index is 12.5. The van der Waals surface area contributed by atoms with E-state index in [1.807, 2.05) is 13.8 Å². The van der Waals surface area contributed by atoms with Gasteiger partial charge in [0.1, 0.15) is 5.92 Å². The highest BCUT2D eigenvalue weighted by Gasteiger charge is 2.30. The molecule has 1 fully saturated rings. The Hall–Kier alpha value is -2.36. The molecule has 10 nitrogen and oxygen atoms in total. The first-order valence-electron chi connectivity index (χ1n) is 9.96. The van der Waals surface area contributed by atoms with Gasteiger partial charge in [0.05, 0.1) is 6.04 Å². The van der Waals surface area contributed by atoms with Crippen LogP contribution in [0.1, 0.15) is 33.6 Å². The van der Waals surface area contributed by atoms with Gasteiger partial charge < -0.3 is 31.9 Å². The summed E-state index contributed by atoms with van der Waals surface area (Å²) in [6, 6.07) is -0.580. The normalized spacial score (nSPS) is 16.1. The van der Waals surface area contributed by atoms with Crippen LogP contribution in [0, 0.1) is 5.92 Å². The molecule has 0 aliphatic carbocycles. The molecule has 0 bridgehead atoms. The van der Waals surface area contributed by atoms with E-state index in [1.165, 1.54) is 6.92 Å². The lowest BCUT2D eigenvalue weighted by Gasteiger charge is -2.36. The average molecular weight is 398 g/mol. The molecular formula is C18H35N7O3. The first kappa shape index (κ1) is 23.7. The lowest BCUT2D eigenvalue weighted by Crippen LogP contribution is -2.55. The number of piperazine rings is 1. The van der Waals surface area contributed by atoms with Crippen molar-refractivity contribution < 1.29 is 14.4 Å². The van der Waals surface area contributed by atoms with Crippen molar-refractivity contribution in [3.8, 4) is 0 Å². The van der Waals surface area contributed by atoms with Crippen LogP contribution in [0.5, 0.6) is 0 Å². The summed E-state index contributed by atoms with van der Waals surface area (Å²) in [7, 11) is 0. The minimum absolute atomic E-state index is 0.113. The second-order valence-electron chi connectivity index (χ2n) is 6.81. The third kappa shape index (κ3) is 7.34. The standard InChI is InChI=1S/C18H35N7O3/c1-4-21-18(22-5-2)23-8-6-7-14(19)17(28)25-11-9-24(10-12-25)16(27)13(3)15(20)26/h13-14H,4-12,19H2,1-3H3,(H2,20,26)(H2,21,22,23)/t13?,14-/m1/s1. The van der Waals surface area contributed by atoms with E-state index in [0.29, 0.717) is 45.6 Å². The molecule has 6 N–H and O–H groups in total. The molecule has 0 saturated carbocycles. The Kier molecular flexibility index (Phi) is 10.3. The van der Waals surface area contributed by atoms with Gasteiger partial charge in [-0.2, -0.15) is 0 Å². The molecule has 0 aromatic rings. The monoisotopic (exact) mass is 397 g/mol. The van der Waals surface area contributed by atoms with Gasteiger partial charge in [-0.3, -0.25) is 19.4 Å². The molecule has 1 heterocycles. The maximum atomic E-state index is 12.5. The summed E-state index contributed by atoms with van der Waals surface area (Å²) < 4.78 is 0. The fraction of sp³-hybridized carbons (Fsp3) is 0.778. The van der Waals surface area contributed by atoms with Crippen molar-refractivity contribution in [2.75, 3.05) is 45.8 Å². The van der Waals surface area contributed by atoms with Crippen molar-refractivity contribution in [1.82, 2.24) is 20.4 Å². The number of aliphatic imine (C=N–C) groups is 1. The van der Waals surface area contributed by atoms with Crippen LogP contribution in [-0.2, 0) is 14.4 Å². The van der Waals surface area contributed by atoms with Gasteiger partial charge in [0, 0.05) is 45.8 Å². The summed E-state index contributed by atoms with van der Waals surface area (Å²) in [5.41, 5.74) is 11.2. The maximum Gasteiger partial charge on any atom is 0.239 e. The highest BCUT2D eigenvalue weighted by Crippen LogP contribution is 2.09. The number of nitrogens with zero attached hydrogens (tertiary/aromatic N) is 3. The van der Waals surface area contributed by atoms with Crippen molar-refractivity contribution in [1.29, 1.82) is 0 Å². The number of nitrogens with one attached hydrogen (secondary N) is 2. The largest absolute Gasteiger partial charge is 0.369 e. The zero-order valence-corrected chi connectivity index (χ0v) is 17.2. The van der Waals surface area contributed by atoms with Crippen LogP contribution >= 0.6 is 0 Å². The van der Waals surface area contributed by atoms with Crippen LogP contribution in [0.3, 0.4) is 0 Å². The number of carbonyl (C=O) groups is 3. The molecule has 0 radical (unpaired) electrons. The Morgan fingerprint density at radius 1 is 1.00 bits per heavy atom. The lowest BCUT2D eigenvalue weighted by atomic mass is 10.1. The molecule has 3 amide bonds. The second kappa shape index (κ2) is 12.2. The summed E-state index contributed by atoms with van der Waals surface area (Å²) in [5, 5.41) is 6.29. The van der Waals surface area contributed by atoms with Gasteiger partial charge >= 0.3 is 0 Å². The van der Waals surface area contributed by atoms with Crippen LogP contribution in [0.4, 0.5) is 0 Å². The van der Waals surface area contributed by atoms with E-state index in [9.17, 15) is 14.4 Å². The van der Waals surface area contributed by atoms with Crippen LogP contribution in [0.25, 0.3) is 0 Å². The highest BCUT2D eigenvalue weighted by atomic mass is 16.2. The number of primary amides is 1. The van der Waals surface area contributed by atoms with E-state index in [1.54, 1.807) is 9.80 Å². The van der Waals surface area contributed by atoms with Crippen LogP contribution in [0.2, 0.25) is 0 Å². The molecular weight excluding hydrogens is 362 g/mol. The van der Waals surface area contributed by atoms with E-state index in [4.69, 9.17) is 11.5 Å². The molecule has 1 aliphatic rings. The summed E-state index contributed by atoms with van der Waals surface area (Å²) in [6.07, 6.45) is 1.26.